The largest absolute Gasteiger partial charge is 0.416 e. The second-order valence-electron chi connectivity index (χ2n) is 4.72. The lowest BCUT2D eigenvalue weighted by Crippen LogP contribution is -2.08. The summed E-state index contributed by atoms with van der Waals surface area (Å²) in [6.45, 7) is 0. The topological polar surface area (TPSA) is 6.25 Å². The first kappa shape index (κ1) is 15.3. The van der Waals surface area contributed by atoms with E-state index in [1.54, 1.807) is 0 Å². The standard InChI is InChI=1S/C14H18F3N2/c1-18(2)9-12(10-19(3)4)11-5-7-13(8-6-11)14(15,16)17/h5-10H,1-4H3/q+1. The number of hydrogen-bond donors (Lipinski definition) is 0. The van der Waals surface area contributed by atoms with Gasteiger partial charge in [-0.25, -0.2) is 4.58 Å². The lowest BCUT2D eigenvalue weighted by Gasteiger charge is -2.10. The molecule has 104 valence electrons. The van der Waals surface area contributed by atoms with E-state index in [1.165, 1.54) is 12.1 Å². The molecule has 0 atom stereocenters. The molecule has 0 heterocycles. The quantitative estimate of drug-likeness (QED) is 0.605. The van der Waals surface area contributed by atoms with Gasteiger partial charge in [0.25, 0.3) is 0 Å². The monoisotopic (exact) mass is 271 g/mol. The lowest BCUT2D eigenvalue weighted by molar-refractivity contribution is -0.458. The van der Waals surface area contributed by atoms with Crippen LogP contribution in [0.25, 0.3) is 5.57 Å². The van der Waals surface area contributed by atoms with Crippen LogP contribution in [-0.4, -0.2) is 43.9 Å². The molecule has 19 heavy (non-hydrogen) atoms. The summed E-state index contributed by atoms with van der Waals surface area (Å²) in [5.74, 6) is 0. The van der Waals surface area contributed by atoms with Gasteiger partial charge in [-0.1, -0.05) is 12.1 Å². The minimum Gasteiger partial charge on any atom is -0.383 e. The van der Waals surface area contributed by atoms with E-state index in [9.17, 15) is 13.2 Å². The van der Waals surface area contributed by atoms with Crippen molar-refractivity contribution in [1.82, 2.24) is 4.90 Å². The summed E-state index contributed by atoms with van der Waals surface area (Å²) in [4.78, 5) is 1.85. The zero-order valence-electron chi connectivity index (χ0n) is 11.5. The van der Waals surface area contributed by atoms with E-state index in [-0.39, 0.29) is 0 Å². The van der Waals surface area contributed by atoms with Crippen molar-refractivity contribution in [2.24, 2.45) is 0 Å². The predicted molar refractivity (Wildman–Crippen MR) is 71.3 cm³/mol. The molecule has 0 amide bonds. The molecule has 1 aromatic rings. The summed E-state index contributed by atoms with van der Waals surface area (Å²) >= 11 is 0. The van der Waals surface area contributed by atoms with Crippen molar-refractivity contribution in [2.45, 2.75) is 6.18 Å². The molecule has 5 heteroatoms. The molecule has 0 aliphatic heterocycles. The van der Waals surface area contributed by atoms with Crippen LogP contribution >= 0.6 is 0 Å². The molecule has 2 nitrogen and oxygen atoms in total. The molecule has 1 rings (SSSR count). The third-order valence-electron chi connectivity index (χ3n) is 2.34. The maximum atomic E-state index is 12.5. The Kier molecular flexibility index (Phi) is 4.75. The molecular weight excluding hydrogens is 253 g/mol. The Labute approximate surface area is 111 Å². The van der Waals surface area contributed by atoms with Gasteiger partial charge in [0.15, 0.2) is 6.21 Å². The number of nitrogens with zero attached hydrogens (tertiary/aromatic N) is 2. The van der Waals surface area contributed by atoms with Crippen LogP contribution in [0.4, 0.5) is 13.2 Å². The molecule has 0 saturated heterocycles. The van der Waals surface area contributed by atoms with Gasteiger partial charge in [0.2, 0.25) is 0 Å². The van der Waals surface area contributed by atoms with Gasteiger partial charge in [0.05, 0.1) is 11.1 Å². The average molecular weight is 271 g/mol. The zero-order chi connectivity index (χ0) is 14.6. The highest BCUT2D eigenvalue weighted by molar-refractivity contribution is 6.07. The number of halogens is 3. The molecule has 0 N–H and O–H groups in total. The van der Waals surface area contributed by atoms with Gasteiger partial charge in [-0.2, -0.15) is 13.2 Å². The van der Waals surface area contributed by atoms with E-state index < -0.39 is 11.7 Å². The molecule has 0 aliphatic rings. The Balaban J connectivity index is 3.16. The number of benzene rings is 1. The van der Waals surface area contributed by atoms with Gasteiger partial charge in [-0.15, -0.1) is 0 Å². The molecule has 0 fully saturated rings. The van der Waals surface area contributed by atoms with Gasteiger partial charge in [0, 0.05) is 20.3 Å². The molecule has 0 unspecified atom stereocenters. The Morgan fingerprint density at radius 1 is 1.11 bits per heavy atom. The maximum Gasteiger partial charge on any atom is 0.416 e. The van der Waals surface area contributed by atoms with Gasteiger partial charge in [-0.05, 0) is 17.7 Å². The average Bonchev–Trinajstić information content (AvgIpc) is 2.26. The molecule has 0 aliphatic carbocycles. The van der Waals surface area contributed by atoms with Crippen molar-refractivity contribution in [3.8, 4) is 0 Å². The van der Waals surface area contributed by atoms with Gasteiger partial charge < -0.3 is 4.90 Å². The van der Waals surface area contributed by atoms with Crippen LogP contribution in [0.3, 0.4) is 0 Å². The summed E-state index contributed by atoms with van der Waals surface area (Å²) in [7, 11) is 7.47. The van der Waals surface area contributed by atoms with Crippen molar-refractivity contribution in [3.05, 3.63) is 41.6 Å². The van der Waals surface area contributed by atoms with E-state index in [4.69, 9.17) is 0 Å². The fraction of sp³-hybridized carbons (Fsp3) is 0.357. The van der Waals surface area contributed by atoms with Crippen LogP contribution < -0.4 is 0 Å². The summed E-state index contributed by atoms with van der Waals surface area (Å²) < 4.78 is 39.4. The molecular formula is C14H18F3N2+. The van der Waals surface area contributed by atoms with E-state index in [0.29, 0.717) is 0 Å². The normalized spacial score (nSPS) is 12.3. The zero-order valence-corrected chi connectivity index (χ0v) is 11.5. The number of hydrogen-bond acceptors (Lipinski definition) is 1. The third kappa shape index (κ3) is 4.77. The Morgan fingerprint density at radius 2 is 1.63 bits per heavy atom. The third-order valence-corrected chi connectivity index (χ3v) is 2.34. The van der Waals surface area contributed by atoms with E-state index in [0.717, 1.165) is 23.3 Å². The van der Waals surface area contributed by atoms with Crippen LogP contribution in [0.2, 0.25) is 0 Å². The van der Waals surface area contributed by atoms with Gasteiger partial charge >= 0.3 is 6.18 Å². The van der Waals surface area contributed by atoms with Crippen LogP contribution in [0.15, 0.2) is 30.5 Å². The molecule has 0 spiro atoms. The Bertz CT molecular complexity index is 478. The predicted octanol–water partition coefficient (Wildman–Crippen LogP) is 2.95. The van der Waals surface area contributed by atoms with Crippen molar-refractivity contribution in [3.63, 3.8) is 0 Å². The summed E-state index contributed by atoms with van der Waals surface area (Å²) in [5, 5.41) is 0. The Morgan fingerprint density at radius 3 is 2.00 bits per heavy atom. The Hall–Kier alpha value is -1.78. The first-order valence-electron chi connectivity index (χ1n) is 5.77. The van der Waals surface area contributed by atoms with Crippen molar-refractivity contribution < 1.29 is 17.7 Å². The van der Waals surface area contributed by atoms with Crippen molar-refractivity contribution >= 4 is 11.8 Å². The van der Waals surface area contributed by atoms with Crippen LogP contribution in [0, 0.1) is 0 Å². The SMILES string of the molecule is CN(C)/C=C(\C=[N+](C)C)c1ccc(C(F)(F)F)cc1. The first-order valence-corrected chi connectivity index (χ1v) is 5.77. The summed E-state index contributed by atoms with van der Waals surface area (Å²) in [6.07, 6.45) is -0.569. The first-order chi connectivity index (χ1) is 8.70. The lowest BCUT2D eigenvalue weighted by atomic mass is 10.1. The number of rotatable bonds is 3. The van der Waals surface area contributed by atoms with Crippen LogP contribution in [-0.2, 0) is 6.18 Å². The maximum absolute atomic E-state index is 12.5. The minimum absolute atomic E-state index is 0.634. The van der Waals surface area contributed by atoms with Gasteiger partial charge in [0.1, 0.15) is 14.1 Å². The highest BCUT2D eigenvalue weighted by Crippen LogP contribution is 2.29. The van der Waals surface area contributed by atoms with Gasteiger partial charge in [-0.3, -0.25) is 0 Å². The fourth-order valence-electron chi connectivity index (χ4n) is 1.59. The molecule has 0 radical (unpaired) electrons. The fourth-order valence-corrected chi connectivity index (χ4v) is 1.59. The van der Waals surface area contributed by atoms with E-state index in [1.807, 2.05) is 50.1 Å². The van der Waals surface area contributed by atoms with Crippen molar-refractivity contribution in [1.29, 1.82) is 0 Å². The van der Waals surface area contributed by atoms with Crippen LogP contribution in [0.5, 0.6) is 0 Å². The van der Waals surface area contributed by atoms with Crippen LogP contribution in [0.1, 0.15) is 11.1 Å². The number of alkyl halides is 3. The van der Waals surface area contributed by atoms with E-state index >= 15 is 0 Å². The highest BCUT2D eigenvalue weighted by Gasteiger charge is 2.30. The summed E-state index contributed by atoms with van der Waals surface area (Å²) in [5.41, 5.74) is 0.962. The highest BCUT2D eigenvalue weighted by atomic mass is 19.4. The molecule has 0 bridgehead atoms. The smallest absolute Gasteiger partial charge is 0.383 e. The minimum atomic E-state index is -4.30. The molecule has 1 aromatic carbocycles. The molecule has 0 aromatic heterocycles. The molecule has 0 saturated carbocycles. The second kappa shape index (κ2) is 5.91. The number of allylic oxidation sites excluding steroid dienone is 1. The van der Waals surface area contributed by atoms with E-state index in [2.05, 4.69) is 0 Å². The summed E-state index contributed by atoms with van der Waals surface area (Å²) in [6, 6.07) is 5.17. The second-order valence-corrected chi connectivity index (χ2v) is 4.72. The van der Waals surface area contributed by atoms with Crippen molar-refractivity contribution in [2.75, 3.05) is 28.2 Å².